The Morgan fingerprint density at radius 3 is 2.42 bits per heavy atom. The molecule has 4 atom stereocenters. The SMILES string of the molecule is CCC1C2CCC(C2)[C@@H]1CCO. The van der Waals surface area contributed by atoms with Gasteiger partial charge >= 0.3 is 0 Å². The predicted molar refractivity (Wildman–Crippen MR) is 49.8 cm³/mol. The average molecular weight is 168 g/mol. The lowest BCUT2D eigenvalue weighted by Crippen LogP contribution is -2.22. The Morgan fingerprint density at radius 1 is 1.17 bits per heavy atom. The minimum absolute atomic E-state index is 0.407. The number of hydrogen-bond acceptors (Lipinski definition) is 1. The molecule has 12 heavy (non-hydrogen) atoms. The molecule has 0 amide bonds. The van der Waals surface area contributed by atoms with Gasteiger partial charge in [-0.1, -0.05) is 13.3 Å². The van der Waals surface area contributed by atoms with Crippen molar-refractivity contribution < 1.29 is 5.11 Å². The van der Waals surface area contributed by atoms with Crippen molar-refractivity contribution in [2.75, 3.05) is 6.61 Å². The van der Waals surface area contributed by atoms with Crippen LogP contribution in [0.2, 0.25) is 0 Å². The summed E-state index contributed by atoms with van der Waals surface area (Å²) in [5, 5.41) is 8.97. The highest BCUT2D eigenvalue weighted by molar-refractivity contribution is 4.95. The van der Waals surface area contributed by atoms with E-state index in [4.69, 9.17) is 5.11 Å². The molecule has 1 N–H and O–H groups in total. The molecule has 2 aliphatic rings. The van der Waals surface area contributed by atoms with E-state index in [1.54, 1.807) is 0 Å². The van der Waals surface area contributed by atoms with Crippen LogP contribution in [0.15, 0.2) is 0 Å². The normalized spacial score (nSPS) is 45.5. The molecular weight excluding hydrogens is 148 g/mol. The Kier molecular flexibility index (Phi) is 2.40. The van der Waals surface area contributed by atoms with Gasteiger partial charge in [-0.15, -0.1) is 0 Å². The van der Waals surface area contributed by atoms with Gasteiger partial charge in [0.1, 0.15) is 0 Å². The Labute approximate surface area is 75.2 Å². The summed E-state index contributed by atoms with van der Waals surface area (Å²) in [4.78, 5) is 0. The Balaban J connectivity index is 2.01. The van der Waals surface area contributed by atoms with E-state index < -0.39 is 0 Å². The summed E-state index contributed by atoms with van der Waals surface area (Å²) >= 11 is 0. The van der Waals surface area contributed by atoms with Crippen LogP contribution in [-0.2, 0) is 0 Å². The Hall–Kier alpha value is -0.0400. The van der Waals surface area contributed by atoms with Crippen molar-refractivity contribution in [3.05, 3.63) is 0 Å². The monoisotopic (exact) mass is 168 g/mol. The van der Waals surface area contributed by atoms with Crippen LogP contribution in [0.1, 0.15) is 39.0 Å². The number of fused-ring (bicyclic) bond motifs is 2. The van der Waals surface area contributed by atoms with Crippen molar-refractivity contribution >= 4 is 0 Å². The Bertz CT molecular complexity index is 155. The molecule has 2 saturated carbocycles. The first-order chi connectivity index (χ1) is 5.86. The maximum absolute atomic E-state index is 8.97. The molecule has 0 aromatic rings. The van der Waals surface area contributed by atoms with E-state index in [1.165, 1.54) is 25.7 Å². The number of hydrogen-bond donors (Lipinski definition) is 1. The van der Waals surface area contributed by atoms with E-state index in [0.717, 1.165) is 30.1 Å². The van der Waals surface area contributed by atoms with Crippen LogP contribution in [0.25, 0.3) is 0 Å². The molecule has 2 bridgehead atoms. The van der Waals surface area contributed by atoms with Gasteiger partial charge in [0, 0.05) is 6.61 Å². The summed E-state index contributed by atoms with van der Waals surface area (Å²) < 4.78 is 0. The van der Waals surface area contributed by atoms with Gasteiger partial charge in [0.05, 0.1) is 0 Å². The first-order valence-corrected chi connectivity index (χ1v) is 5.47. The summed E-state index contributed by atoms with van der Waals surface area (Å²) in [6, 6.07) is 0. The standard InChI is InChI=1S/C11H20O/c1-2-10-8-3-4-9(7-8)11(10)5-6-12/h8-12H,2-7H2,1H3/t8?,9?,10?,11-/m0/s1. The third-order valence-corrected chi connectivity index (χ3v) is 4.21. The fourth-order valence-corrected chi connectivity index (χ4v) is 3.76. The zero-order valence-electron chi connectivity index (χ0n) is 8.00. The molecule has 0 heterocycles. The lowest BCUT2D eigenvalue weighted by Gasteiger charge is -2.29. The molecule has 1 nitrogen and oxygen atoms in total. The summed E-state index contributed by atoms with van der Waals surface area (Å²) in [6.07, 6.45) is 6.81. The van der Waals surface area contributed by atoms with Gasteiger partial charge in [0.15, 0.2) is 0 Å². The number of aliphatic hydroxyl groups excluding tert-OH is 1. The highest BCUT2D eigenvalue weighted by Gasteiger charge is 2.45. The van der Waals surface area contributed by atoms with Crippen molar-refractivity contribution in [1.82, 2.24) is 0 Å². The van der Waals surface area contributed by atoms with Crippen LogP contribution in [0.5, 0.6) is 0 Å². The van der Waals surface area contributed by atoms with Crippen molar-refractivity contribution in [1.29, 1.82) is 0 Å². The van der Waals surface area contributed by atoms with E-state index in [1.807, 2.05) is 0 Å². The summed E-state index contributed by atoms with van der Waals surface area (Å²) in [5.74, 6) is 3.83. The topological polar surface area (TPSA) is 20.2 Å². The third kappa shape index (κ3) is 1.19. The maximum Gasteiger partial charge on any atom is 0.0433 e. The molecule has 2 aliphatic carbocycles. The van der Waals surface area contributed by atoms with E-state index in [0.29, 0.717) is 6.61 Å². The van der Waals surface area contributed by atoms with Gasteiger partial charge in [-0.25, -0.2) is 0 Å². The quantitative estimate of drug-likeness (QED) is 0.686. The summed E-state index contributed by atoms with van der Waals surface area (Å²) in [6.45, 7) is 2.72. The molecule has 0 radical (unpaired) electrons. The largest absolute Gasteiger partial charge is 0.396 e. The molecule has 0 saturated heterocycles. The highest BCUT2D eigenvalue weighted by atomic mass is 16.3. The number of rotatable bonds is 3. The van der Waals surface area contributed by atoms with Crippen molar-refractivity contribution in [2.45, 2.75) is 39.0 Å². The highest BCUT2D eigenvalue weighted by Crippen LogP contribution is 2.54. The zero-order chi connectivity index (χ0) is 8.55. The molecule has 0 aromatic heterocycles. The van der Waals surface area contributed by atoms with Crippen molar-refractivity contribution in [2.24, 2.45) is 23.7 Å². The lowest BCUT2D eigenvalue weighted by molar-refractivity contribution is 0.162. The van der Waals surface area contributed by atoms with Crippen LogP contribution < -0.4 is 0 Å². The first kappa shape index (κ1) is 8.55. The van der Waals surface area contributed by atoms with Crippen LogP contribution in [0.3, 0.4) is 0 Å². The summed E-state index contributed by atoms with van der Waals surface area (Å²) in [7, 11) is 0. The molecule has 1 heteroatoms. The second-order valence-corrected chi connectivity index (χ2v) is 4.58. The van der Waals surface area contributed by atoms with Crippen LogP contribution in [0.4, 0.5) is 0 Å². The van der Waals surface area contributed by atoms with Crippen LogP contribution >= 0.6 is 0 Å². The van der Waals surface area contributed by atoms with Crippen molar-refractivity contribution in [3.63, 3.8) is 0 Å². The first-order valence-electron chi connectivity index (χ1n) is 5.47. The van der Waals surface area contributed by atoms with E-state index in [-0.39, 0.29) is 0 Å². The third-order valence-electron chi connectivity index (χ3n) is 4.21. The van der Waals surface area contributed by atoms with E-state index >= 15 is 0 Å². The lowest BCUT2D eigenvalue weighted by atomic mass is 9.76. The van der Waals surface area contributed by atoms with Gasteiger partial charge in [-0.05, 0) is 49.4 Å². The summed E-state index contributed by atoms with van der Waals surface area (Å²) in [5.41, 5.74) is 0. The minimum atomic E-state index is 0.407. The predicted octanol–water partition coefficient (Wildman–Crippen LogP) is 2.44. The fraction of sp³-hybridized carbons (Fsp3) is 1.00. The minimum Gasteiger partial charge on any atom is -0.396 e. The molecule has 70 valence electrons. The van der Waals surface area contributed by atoms with Crippen LogP contribution in [0, 0.1) is 23.7 Å². The van der Waals surface area contributed by atoms with E-state index in [9.17, 15) is 0 Å². The number of aliphatic hydroxyl groups is 1. The Morgan fingerprint density at radius 2 is 1.83 bits per heavy atom. The average Bonchev–Trinajstić information content (AvgIpc) is 2.64. The molecule has 0 aliphatic heterocycles. The second kappa shape index (κ2) is 3.37. The molecule has 2 rings (SSSR count). The van der Waals surface area contributed by atoms with Gasteiger partial charge in [0.25, 0.3) is 0 Å². The fourth-order valence-electron chi connectivity index (χ4n) is 3.76. The van der Waals surface area contributed by atoms with Crippen LogP contribution in [-0.4, -0.2) is 11.7 Å². The van der Waals surface area contributed by atoms with Gasteiger partial charge < -0.3 is 5.11 Å². The van der Waals surface area contributed by atoms with Crippen molar-refractivity contribution in [3.8, 4) is 0 Å². The maximum atomic E-state index is 8.97. The zero-order valence-corrected chi connectivity index (χ0v) is 8.00. The molecule has 0 spiro atoms. The molecule has 0 aromatic carbocycles. The molecule has 3 unspecified atom stereocenters. The second-order valence-electron chi connectivity index (χ2n) is 4.58. The van der Waals surface area contributed by atoms with Gasteiger partial charge in [-0.2, -0.15) is 0 Å². The smallest absolute Gasteiger partial charge is 0.0433 e. The van der Waals surface area contributed by atoms with Gasteiger partial charge in [-0.3, -0.25) is 0 Å². The molecular formula is C11H20O. The van der Waals surface area contributed by atoms with Gasteiger partial charge in [0.2, 0.25) is 0 Å². The molecule has 2 fully saturated rings. The van der Waals surface area contributed by atoms with E-state index in [2.05, 4.69) is 6.92 Å².